The Morgan fingerprint density at radius 2 is 2.00 bits per heavy atom. The van der Waals surface area contributed by atoms with Crippen molar-refractivity contribution in [2.75, 3.05) is 26.2 Å². The molecule has 1 saturated heterocycles. The molecule has 2 amide bonds. The molecule has 1 aromatic carbocycles. The molecule has 23 heavy (non-hydrogen) atoms. The van der Waals surface area contributed by atoms with Crippen molar-refractivity contribution in [3.05, 3.63) is 35.9 Å². The van der Waals surface area contributed by atoms with Crippen LogP contribution in [0.15, 0.2) is 30.3 Å². The molecule has 0 radical (unpaired) electrons. The molecule has 1 saturated carbocycles. The molecule has 6 heteroatoms. The number of rotatable bonds is 5. The number of hydrogen-bond acceptors (Lipinski definition) is 3. The van der Waals surface area contributed by atoms with Crippen molar-refractivity contribution in [3.8, 4) is 0 Å². The van der Waals surface area contributed by atoms with Crippen molar-refractivity contribution in [2.45, 2.75) is 25.3 Å². The number of hydrogen-bond donors (Lipinski definition) is 2. The second kappa shape index (κ2) is 8.31. The van der Waals surface area contributed by atoms with Crippen molar-refractivity contribution in [3.63, 3.8) is 0 Å². The Morgan fingerprint density at radius 3 is 2.70 bits per heavy atom. The lowest BCUT2D eigenvalue weighted by molar-refractivity contribution is -0.132. The first-order valence-corrected chi connectivity index (χ1v) is 8.06. The molecule has 126 valence electrons. The highest BCUT2D eigenvalue weighted by atomic mass is 35.5. The molecule has 0 aromatic heterocycles. The highest BCUT2D eigenvalue weighted by molar-refractivity contribution is 5.85. The summed E-state index contributed by atoms with van der Waals surface area (Å²) in [5, 5.41) is 6.11. The van der Waals surface area contributed by atoms with Gasteiger partial charge in [0.25, 0.3) is 0 Å². The third-order valence-corrected chi connectivity index (χ3v) is 4.34. The smallest absolute Gasteiger partial charge is 0.237 e. The van der Waals surface area contributed by atoms with Crippen molar-refractivity contribution in [1.82, 2.24) is 15.5 Å². The van der Waals surface area contributed by atoms with Gasteiger partial charge in [0.05, 0.1) is 19.0 Å². The minimum absolute atomic E-state index is 0. The first-order valence-electron chi connectivity index (χ1n) is 8.06. The van der Waals surface area contributed by atoms with E-state index >= 15 is 0 Å². The van der Waals surface area contributed by atoms with Gasteiger partial charge in [-0.1, -0.05) is 30.3 Å². The number of benzene rings is 1. The van der Waals surface area contributed by atoms with Gasteiger partial charge in [-0.15, -0.1) is 12.4 Å². The minimum atomic E-state index is -0.168. The molecule has 2 aliphatic rings. The molecule has 1 aliphatic carbocycles. The highest BCUT2D eigenvalue weighted by Crippen LogP contribution is 2.28. The largest absolute Gasteiger partial charge is 0.354 e. The van der Waals surface area contributed by atoms with Crippen LogP contribution >= 0.6 is 12.4 Å². The Morgan fingerprint density at radius 1 is 1.26 bits per heavy atom. The number of carbonyl (C=O) groups excluding carboxylic acids is 2. The Kier molecular flexibility index (Phi) is 6.42. The first-order chi connectivity index (χ1) is 10.7. The standard InChI is InChI=1S/C17H23N3O2.ClH/c21-16-10-15(14-4-2-1-3-5-14)20(9-8-19-16)17(22)12-18-11-13-6-7-13;/h1-5,13,15,18H,6-12H2,(H,19,21);1H. The second-order valence-electron chi connectivity index (χ2n) is 6.14. The highest BCUT2D eigenvalue weighted by Gasteiger charge is 2.29. The third kappa shape index (κ3) is 4.94. The van der Waals surface area contributed by atoms with Crippen LogP contribution in [0.3, 0.4) is 0 Å². The van der Waals surface area contributed by atoms with Crippen LogP contribution in [0.1, 0.15) is 30.9 Å². The lowest BCUT2D eigenvalue weighted by Gasteiger charge is -2.29. The van der Waals surface area contributed by atoms with Crippen molar-refractivity contribution in [2.24, 2.45) is 5.92 Å². The summed E-state index contributed by atoms with van der Waals surface area (Å²) < 4.78 is 0. The van der Waals surface area contributed by atoms with E-state index in [0.29, 0.717) is 26.1 Å². The van der Waals surface area contributed by atoms with Crippen LogP contribution in [0.4, 0.5) is 0 Å². The van der Waals surface area contributed by atoms with E-state index in [1.54, 1.807) is 0 Å². The number of nitrogens with one attached hydrogen (secondary N) is 2. The fraction of sp³-hybridized carbons (Fsp3) is 0.529. The molecular weight excluding hydrogens is 314 g/mol. The molecule has 0 spiro atoms. The van der Waals surface area contributed by atoms with Gasteiger partial charge in [0.2, 0.25) is 11.8 Å². The number of nitrogens with zero attached hydrogens (tertiary/aromatic N) is 1. The Hall–Kier alpha value is -1.59. The third-order valence-electron chi connectivity index (χ3n) is 4.34. The quantitative estimate of drug-likeness (QED) is 0.856. The van der Waals surface area contributed by atoms with E-state index < -0.39 is 0 Å². The molecule has 2 N–H and O–H groups in total. The first kappa shape index (κ1) is 17.8. The van der Waals surface area contributed by atoms with E-state index in [-0.39, 0.29) is 30.3 Å². The summed E-state index contributed by atoms with van der Waals surface area (Å²) in [6.45, 7) is 2.37. The Balaban J connectivity index is 0.00000192. The topological polar surface area (TPSA) is 61.4 Å². The van der Waals surface area contributed by atoms with Gasteiger partial charge >= 0.3 is 0 Å². The maximum absolute atomic E-state index is 12.6. The van der Waals surface area contributed by atoms with Gasteiger partial charge in [-0.25, -0.2) is 0 Å². The molecule has 1 heterocycles. The maximum Gasteiger partial charge on any atom is 0.237 e. The predicted molar refractivity (Wildman–Crippen MR) is 91.4 cm³/mol. The number of carbonyl (C=O) groups is 2. The predicted octanol–water partition coefficient (Wildman–Crippen LogP) is 1.50. The summed E-state index contributed by atoms with van der Waals surface area (Å²) in [6.07, 6.45) is 2.88. The van der Waals surface area contributed by atoms with E-state index in [0.717, 1.165) is 18.0 Å². The van der Waals surface area contributed by atoms with Crippen molar-refractivity contribution >= 4 is 24.2 Å². The fourth-order valence-electron chi connectivity index (χ4n) is 2.91. The minimum Gasteiger partial charge on any atom is -0.354 e. The van der Waals surface area contributed by atoms with Crippen LogP contribution in [0.2, 0.25) is 0 Å². The molecular formula is C17H24ClN3O2. The average Bonchev–Trinajstić information content (AvgIpc) is 3.35. The number of halogens is 1. The molecule has 1 aromatic rings. The van der Waals surface area contributed by atoms with Crippen molar-refractivity contribution < 1.29 is 9.59 Å². The average molecular weight is 338 g/mol. The van der Waals surface area contributed by atoms with Gasteiger partial charge in [0.1, 0.15) is 0 Å². The summed E-state index contributed by atoms with van der Waals surface area (Å²) >= 11 is 0. The molecule has 2 fully saturated rings. The van der Waals surface area contributed by atoms with E-state index in [1.165, 1.54) is 12.8 Å². The summed E-state index contributed by atoms with van der Waals surface area (Å²) in [6, 6.07) is 9.66. The van der Waals surface area contributed by atoms with E-state index in [4.69, 9.17) is 0 Å². The van der Waals surface area contributed by atoms with Gasteiger partial charge in [-0.2, -0.15) is 0 Å². The second-order valence-corrected chi connectivity index (χ2v) is 6.14. The zero-order chi connectivity index (χ0) is 15.4. The SMILES string of the molecule is Cl.O=C1CC(c2ccccc2)N(C(=O)CNCC2CC2)CCN1. The Bertz CT molecular complexity index is 534. The molecule has 1 aliphatic heterocycles. The number of amides is 2. The zero-order valence-electron chi connectivity index (χ0n) is 13.2. The monoisotopic (exact) mass is 337 g/mol. The van der Waals surface area contributed by atoms with Gasteiger partial charge < -0.3 is 15.5 Å². The normalized spacial score (nSPS) is 21.1. The van der Waals surface area contributed by atoms with Crippen LogP contribution in [0, 0.1) is 5.92 Å². The molecule has 1 unspecified atom stereocenters. The van der Waals surface area contributed by atoms with Gasteiger partial charge in [-0.05, 0) is 30.9 Å². The van der Waals surface area contributed by atoms with Crippen molar-refractivity contribution in [1.29, 1.82) is 0 Å². The molecule has 0 bridgehead atoms. The lowest BCUT2D eigenvalue weighted by atomic mass is 10.0. The summed E-state index contributed by atoms with van der Waals surface area (Å²) in [5.74, 6) is 0.839. The molecule has 5 nitrogen and oxygen atoms in total. The molecule has 1 atom stereocenters. The lowest BCUT2D eigenvalue weighted by Crippen LogP contribution is -2.42. The van der Waals surface area contributed by atoms with Gasteiger partial charge in [-0.3, -0.25) is 9.59 Å². The van der Waals surface area contributed by atoms with Gasteiger partial charge in [0.15, 0.2) is 0 Å². The van der Waals surface area contributed by atoms with E-state index in [9.17, 15) is 9.59 Å². The van der Waals surface area contributed by atoms with Crippen LogP contribution < -0.4 is 10.6 Å². The maximum atomic E-state index is 12.6. The van der Waals surface area contributed by atoms with E-state index in [1.807, 2.05) is 35.2 Å². The summed E-state index contributed by atoms with van der Waals surface area (Å²) in [5.41, 5.74) is 1.02. The van der Waals surface area contributed by atoms with Crippen LogP contribution in [-0.2, 0) is 9.59 Å². The zero-order valence-corrected chi connectivity index (χ0v) is 14.0. The summed E-state index contributed by atoms with van der Waals surface area (Å²) in [4.78, 5) is 26.3. The van der Waals surface area contributed by atoms with E-state index in [2.05, 4.69) is 10.6 Å². The van der Waals surface area contributed by atoms with Crippen LogP contribution in [0.25, 0.3) is 0 Å². The Labute approximate surface area is 143 Å². The van der Waals surface area contributed by atoms with Gasteiger partial charge in [0, 0.05) is 13.1 Å². The van der Waals surface area contributed by atoms with Crippen LogP contribution in [0.5, 0.6) is 0 Å². The fourth-order valence-corrected chi connectivity index (χ4v) is 2.91. The van der Waals surface area contributed by atoms with Crippen LogP contribution in [-0.4, -0.2) is 42.9 Å². The summed E-state index contributed by atoms with van der Waals surface area (Å²) in [7, 11) is 0. The molecule has 3 rings (SSSR count).